The Balaban J connectivity index is 1.59. The van der Waals surface area contributed by atoms with Crippen LogP contribution in [-0.2, 0) is 0 Å². The Morgan fingerprint density at radius 2 is 1.15 bits per heavy atom. The molecule has 3 rings (SSSR count). The first-order chi connectivity index (χ1) is 12.8. The van der Waals surface area contributed by atoms with Crippen LogP contribution in [0.15, 0.2) is 91.0 Å². The van der Waals surface area contributed by atoms with Crippen LogP contribution < -0.4 is 9.05 Å². The van der Waals surface area contributed by atoms with E-state index in [2.05, 4.69) is 0 Å². The third-order valence-corrected chi connectivity index (χ3v) is 5.25. The monoisotopic (exact) mass is 364 g/mol. The molecule has 0 spiro atoms. The predicted molar refractivity (Wildman–Crippen MR) is 106 cm³/mol. The summed E-state index contributed by atoms with van der Waals surface area (Å²) < 4.78 is 12.1. The van der Waals surface area contributed by atoms with Crippen LogP contribution in [0.4, 0.5) is 0 Å². The molecule has 0 radical (unpaired) electrons. The summed E-state index contributed by atoms with van der Waals surface area (Å²) in [6.07, 6.45) is 1.90. The van der Waals surface area contributed by atoms with Crippen molar-refractivity contribution < 1.29 is 13.8 Å². The summed E-state index contributed by atoms with van der Waals surface area (Å²) in [6.45, 7) is 0. The highest BCUT2D eigenvalue weighted by Crippen LogP contribution is 2.41. The van der Waals surface area contributed by atoms with E-state index < -0.39 is 8.38 Å². The first kappa shape index (κ1) is 18.2. The molecule has 0 bridgehead atoms. The second-order valence-corrected chi connectivity index (χ2v) is 7.24. The molecule has 0 saturated carbocycles. The molecule has 4 heteroatoms. The van der Waals surface area contributed by atoms with Crippen LogP contribution in [0.25, 0.3) is 0 Å². The number of carbonyl (C=O) groups excluding carboxylic acids is 1. The molecular weight excluding hydrogens is 343 g/mol. The van der Waals surface area contributed by atoms with Crippen LogP contribution in [-0.4, -0.2) is 11.9 Å². The predicted octanol–water partition coefficient (Wildman–Crippen LogP) is 6.12. The van der Waals surface area contributed by atoms with E-state index in [9.17, 15) is 4.79 Å². The van der Waals surface area contributed by atoms with E-state index in [1.165, 1.54) is 0 Å². The number of para-hydroxylation sites is 2. The average Bonchev–Trinajstić information content (AvgIpc) is 2.70. The van der Waals surface area contributed by atoms with Crippen LogP contribution >= 0.6 is 8.38 Å². The first-order valence-electron chi connectivity index (χ1n) is 8.63. The first-order valence-corrected chi connectivity index (χ1v) is 9.99. The fourth-order valence-corrected chi connectivity index (χ4v) is 3.79. The van der Waals surface area contributed by atoms with E-state index in [4.69, 9.17) is 9.05 Å². The highest BCUT2D eigenvalue weighted by Gasteiger charge is 2.16. The van der Waals surface area contributed by atoms with Gasteiger partial charge in [-0.3, -0.25) is 4.79 Å². The Bertz CT molecular complexity index is 750. The molecule has 0 aliphatic rings. The van der Waals surface area contributed by atoms with Crippen molar-refractivity contribution in [1.29, 1.82) is 0 Å². The maximum atomic E-state index is 12.3. The third kappa shape index (κ3) is 5.72. The molecule has 0 aliphatic heterocycles. The lowest BCUT2D eigenvalue weighted by Gasteiger charge is -2.18. The van der Waals surface area contributed by atoms with Gasteiger partial charge in [-0.15, -0.1) is 0 Å². The maximum absolute atomic E-state index is 12.3. The van der Waals surface area contributed by atoms with Gasteiger partial charge in [0.05, 0.1) is 0 Å². The largest absolute Gasteiger partial charge is 0.439 e. The van der Waals surface area contributed by atoms with Crippen molar-refractivity contribution >= 4 is 14.2 Å². The van der Waals surface area contributed by atoms with Gasteiger partial charge in [-0.1, -0.05) is 66.7 Å². The van der Waals surface area contributed by atoms with Crippen molar-refractivity contribution in [2.24, 2.45) is 0 Å². The van der Waals surface area contributed by atoms with Crippen molar-refractivity contribution in [3.8, 4) is 11.5 Å². The van der Waals surface area contributed by atoms with Crippen LogP contribution in [0.5, 0.6) is 11.5 Å². The topological polar surface area (TPSA) is 35.5 Å². The smallest absolute Gasteiger partial charge is 0.290 e. The molecule has 0 aromatic heterocycles. The zero-order valence-corrected chi connectivity index (χ0v) is 15.3. The lowest BCUT2D eigenvalue weighted by molar-refractivity contribution is 0.0982. The molecule has 3 aromatic carbocycles. The second-order valence-electron chi connectivity index (χ2n) is 5.76. The molecule has 3 nitrogen and oxygen atoms in total. The second kappa shape index (κ2) is 9.74. The highest BCUT2D eigenvalue weighted by molar-refractivity contribution is 7.48. The van der Waals surface area contributed by atoms with E-state index in [1.807, 2.05) is 91.0 Å². The number of benzene rings is 3. The normalized spacial score (nSPS) is 10.5. The molecule has 3 aromatic rings. The number of rotatable bonds is 9. The van der Waals surface area contributed by atoms with Gasteiger partial charge in [0.15, 0.2) is 5.78 Å². The standard InChI is InChI=1S/C22H21O3P/c23-22(19-11-4-1-5-12-19)17-10-18-26(24-20-13-6-2-7-14-20)25-21-15-8-3-9-16-21/h1-9,11-16H,10,17-18H2. The van der Waals surface area contributed by atoms with Crippen molar-refractivity contribution in [2.45, 2.75) is 12.8 Å². The van der Waals surface area contributed by atoms with E-state index in [0.29, 0.717) is 12.6 Å². The SMILES string of the molecule is O=C(CCCP(Oc1ccccc1)Oc1ccccc1)c1ccccc1. The molecular formula is C22H21O3P. The number of carbonyl (C=O) groups is 1. The number of hydrogen-bond acceptors (Lipinski definition) is 3. The van der Waals surface area contributed by atoms with Gasteiger partial charge >= 0.3 is 0 Å². The van der Waals surface area contributed by atoms with Gasteiger partial charge in [-0.25, -0.2) is 0 Å². The minimum Gasteiger partial charge on any atom is -0.439 e. The van der Waals surface area contributed by atoms with Crippen LogP contribution in [0.1, 0.15) is 23.2 Å². The Hall–Kier alpha value is -2.64. The minimum atomic E-state index is -1.17. The van der Waals surface area contributed by atoms with Crippen LogP contribution in [0, 0.1) is 0 Å². The van der Waals surface area contributed by atoms with E-state index in [0.717, 1.165) is 23.5 Å². The van der Waals surface area contributed by atoms with Gasteiger partial charge in [-0.05, 0) is 30.7 Å². The Morgan fingerprint density at radius 3 is 1.65 bits per heavy atom. The summed E-state index contributed by atoms with van der Waals surface area (Å²) >= 11 is 0. The molecule has 0 unspecified atom stereocenters. The summed E-state index contributed by atoms with van der Waals surface area (Å²) in [7, 11) is -1.17. The Labute approximate surface area is 155 Å². The molecule has 132 valence electrons. The summed E-state index contributed by atoms with van der Waals surface area (Å²) in [4.78, 5) is 12.3. The molecule has 26 heavy (non-hydrogen) atoms. The number of ketones is 1. The van der Waals surface area contributed by atoms with Crippen molar-refractivity contribution in [3.63, 3.8) is 0 Å². The molecule has 0 amide bonds. The van der Waals surface area contributed by atoms with E-state index >= 15 is 0 Å². The maximum Gasteiger partial charge on any atom is 0.290 e. The molecule has 0 N–H and O–H groups in total. The van der Waals surface area contributed by atoms with Gasteiger partial charge in [0.25, 0.3) is 8.38 Å². The van der Waals surface area contributed by atoms with E-state index in [1.54, 1.807) is 0 Å². The van der Waals surface area contributed by atoms with Gasteiger partial charge in [-0.2, -0.15) is 0 Å². The van der Waals surface area contributed by atoms with Gasteiger partial charge in [0.1, 0.15) is 11.5 Å². The van der Waals surface area contributed by atoms with Crippen molar-refractivity contribution in [2.75, 3.05) is 6.16 Å². The fraction of sp³-hybridized carbons (Fsp3) is 0.136. The third-order valence-electron chi connectivity index (χ3n) is 3.74. The molecule has 0 saturated heterocycles. The molecule has 0 heterocycles. The zero-order valence-electron chi connectivity index (χ0n) is 14.5. The molecule has 0 atom stereocenters. The number of hydrogen-bond donors (Lipinski definition) is 0. The lowest BCUT2D eigenvalue weighted by atomic mass is 10.1. The minimum absolute atomic E-state index is 0.153. The van der Waals surface area contributed by atoms with Gasteiger partial charge < -0.3 is 9.05 Å². The summed E-state index contributed by atoms with van der Waals surface area (Å²) in [6, 6.07) is 28.7. The molecule has 0 aliphatic carbocycles. The van der Waals surface area contributed by atoms with Crippen molar-refractivity contribution in [1.82, 2.24) is 0 Å². The van der Waals surface area contributed by atoms with E-state index in [-0.39, 0.29) is 5.78 Å². The van der Waals surface area contributed by atoms with Gasteiger partial charge in [0, 0.05) is 18.1 Å². The quantitative estimate of drug-likeness (QED) is 0.339. The number of Topliss-reactive ketones (excluding diaryl/α,β-unsaturated/α-hetero) is 1. The molecule has 0 fully saturated rings. The average molecular weight is 364 g/mol. The Morgan fingerprint density at radius 1 is 0.692 bits per heavy atom. The van der Waals surface area contributed by atoms with Crippen LogP contribution in [0.2, 0.25) is 0 Å². The Kier molecular flexibility index (Phi) is 6.80. The lowest BCUT2D eigenvalue weighted by Crippen LogP contribution is -2.04. The highest BCUT2D eigenvalue weighted by atomic mass is 31.2. The summed E-state index contributed by atoms with van der Waals surface area (Å²) in [5, 5.41) is 0. The summed E-state index contributed by atoms with van der Waals surface area (Å²) in [5.41, 5.74) is 0.754. The van der Waals surface area contributed by atoms with Crippen molar-refractivity contribution in [3.05, 3.63) is 96.6 Å². The van der Waals surface area contributed by atoms with Gasteiger partial charge in [0.2, 0.25) is 0 Å². The zero-order chi connectivity index (χ0) is 18.0. The summed E-state index contributed by atoms with van der Waals surface area (Å²) in [5.74, 6) is 1.72. The fourth-order valence-electron chi connectivity index (χ4n) is 2.44. The van der Waals surface area contributed by atoms with Crippen LogP contribution in [0.3, 0.4) is 0 Å².